The van der Waals surface area contributed by atoms with E-state index < -0.39 is 18.1 Å². The van der Waals surface area contributed by atoms with Crippen molar-refractivity contribution >= 4 is 12.0 Å². The zero-order valence-corrected chi connectivity index (χ0v) is 10.8. The first-order valence-corrected chi connectivity index (χ1v) is 5.93. The minimum absolute atomic E-state index is 0.0212. The summed E-state index contributed by atoms with van der Waals surface area (Å²) in [6, 6.07) is -0.402. The highest BCUT2D eigenvalue weighted by Crippen LogP contribution is 1.91. The van der Waals surface area contributed by atoms with E-state index in [1.54, 1.807) is 0 Å². The van der Waals surface area contributed by atoms with Gasteiger partial charge in [0.2, 0.25) is 0 Å². The number of hydrogen-bond acceptors (Lipinski definition) is 4. The van der Waals surface area contributed by atoms with Crippen LogP contribution in [0, 0.1) is 5.92 Å². The van der Waals surface area contributed by atoms with Crippen LogP contribution in [-0.4, -0.2) is 54.6 Å². The summed E-state index contributed by atoms with van der Waals surface area (Å²) < 4.78 is 5.26. The molecule has 0 heterocycles. The second-order valence-electron chi connectivity index (χ2n) is 4.29. The van der Waals surface area contributed by atoms with E-state index in [0.29, 0.717) is 25.7 Å². The van der Waals surface area contributed by atoms with Crippen LogP contribution < -0.4 is 10.6 Å². The van der Waals surface area contributed by atoms with Crippen molar-refractivity contribution in [3.8, 4) is 0 Å². The smallest absolute Gasteiger partial charge is 0.332 e. The van der Waals surface area contributed by atoms with Gasteiger partial charge in [-0.3, -0.25) is 0 Å². The molecule has 0 aromatic carbocycles. The van der Waals surface area contributed by atoms with Gasteiger partial charge in [0, 0.05) is 26.1 Å². The van der Waals surface area contributed by atoms with E-state index >= 15 is 0 Å². The zero-order chi connectivity index (χ0) is 14.0. The molecule has 7 nitrogen and oxygen atoms in total. The third-order valence-electron chi connectivity index (χ3n) is 1.97. The summed E-state index contributed by atoms with van der Waals surface area (Å²) in [6.07, 6.45) is -1.47. The summed E-state index contributed by atoms with van der Waals surface area (Å²) >= 11 is 0. The van der Waals surface area contributed by atoms with Crippen LogP contribution in [0.2, 0.25) is 0 Å². The highest BCUT2D eigenvalue weighted by atomic mass is 16.5. The van der Waals surface area contributed by atoms with Crippen LogP contribution in [0.15, 0.2) is 0 Å². The Morgan fingerprint density at radius 2 is 1.83 bits per heavy atom. The predicted octanol–water partition coefficient (Wildman–Crippen LogP) is -0.206. The van der Waals surface area contributed by atoms with E-state index in [-0.39, 0.29) is 13.0 Å². The Hall–Kier alpha value is -1.34. The van der Waals surface area contributed by atoms with E-state index in [2.05, 4.69) is 10.6 Å². The van der Waals surface area contributed by atoms with E-state index in [1.807, 2.05) is 13.8 Å². The molecule has 0 radical (unpaired) electrons. The number of aliphatic hydroxyl groups excluding tert-OH is 1. The second-order valence-corrected chi connectivity index (χ2v) is 4.29. The van der Waals surface area contributed by atoms with Gasteiger partial charge in [-0.25, -0.2) is 9.59 Å². The first kappa shape index (κ1) is 16.7. The molecular weight excluding hydrogens is 240 g/mol. The highest BCUT2D eigenvalue weighted by Gasteiger charge is 2.12. The van der Waals surface area contributed by atoms with E-state index in [0.717, 1.165) is 0 Å². The van der Waals surface area contributed by atoms with Crippen molar-refractivity contribution in [1.82, 2.24) is 10.6 Å². The summed E-state index contributed by atoms with van der Waals surface area (Å²) in [4.78, 5) is 21.5. The molecular formula is C11H22N2O5. The van der Waals surface area contributed by atoms with Crippen LogP contribution >= 0.6 is 0 Å². The summed E-state index contributed by atoms with van der Waals surface area (Å²) in [5.74, 6) is -0.837. The molecule has 0 spiro atoms. The lowest BCUT2D eigenvalue weighted by atomic mass is 10.2. The van der Waals surface area contributed by atoms with Gasteiger partial charge in [-0.05, 0) is 5.92 Å². The van der Waals surface area contributed by atoms with E-state index in [1.165, 1.54) is 0 Å². The third kappa shape index (κ3) is 9.86. The Morgan fingerprint density at radius 1 is 1.22 bits per heavy atom. The van der Waals surface area contributed by atoms with Crippen molar-refractivity contribution < 1.29 is 24.5 Å². The molecule has 0 saturated carbocycles. The average Bonchev–Trinajstić information content (AvgIpc) is 2.27. The number of carbonyl (C=O) groups is 2. The number of nitrogens with one attached hydrogen (secondary N) is 2. The molecule has 0 saturated heterocycles. The lowest BCUT2D eigenvalue weighted by Gasteiger charge is -2.10. The third-order valence-corrected chi connectivity index (χ3v) is 1.97. The van der Waals surface area contributed by atoms with Gasteiger partial charge in [-0.2, -0.15) is 0 Å². The molecule has 7 heteroatoms. The maximum Gasteiger partial charge on any atom is 0.332 e. The number of hydrogen-bond donors (Lipinski definition) is 4. The zero-order valence-electron chi connectivity index (χ0n) is 10.8. The van der Waals surface area contributed by atoms with Crippen molar-refractivity contribution in [2.45, 2.75) is 26.4 Å². The molecule has 1 atom stereocenters. The number of rotatable bonds is 9. The largest absolute Gasteiger partial charge is 0.479 e. The number of amides is 2. The van der Waals surface area contributed by atoms with Gasteiger partial charge in [0.05, 0.1) is 6.61 Å². The molecule has 0 rings (SSSR count). The Balaban J connectivity index is 3.41. The van der Waals surface area contributed by atoms with Gasteiger partial charge in [0.1, 0.15) is 0 Å². The second kappa shape index (κ2) is 9.67. The molecule has 0 aliphatic heterocycles. The number of aliphatic carboxylic acids is 1. The van der Waals surface area contributed by atoms with Crippen molar-refractivity contribution in [2.24, 2.45) is 5.92 Å². The first-order valence-electron chi connectivity index (χ1n) is 5.93. The molecule has 2 amide bonds. The Labute approximate surface area is 107 Å². The Morgan fingerprint density at radius 3 is 2.39 bits per heavy atom. The molecule has 1 unspecified atom stereocenters. The maximum absolute atomic E-state index is 11.2. The van der Waals surface area contributed by atoms with Gasteiger partial charge in [0.15, 0.2) is 6.10 Å². The lowest BCUT2D eigenvalue weighted by molar-refractivity contribution is -0.146. The SMILES string of the molecule is CC(C)COCCNC(=O)NCCC(O)C(=O)O. The Bertz CT molecular complexity index is 258. The standard InChI is InChI=1S/C11H22N2O5/c1-8(2)7-18-6-5-13-11(17)12-4-3-9(14)10(15)16/h8-9,14H,3-7H2,1-2H3,(H,15,16)(H2,12,13,17). The molecule has 18 heavy (non-hydrogen) atoms. The number of aliphatic hydroxyl groups is 1. The molecule has 0 aromatic heterocycles. The minimum atomic E-state index is -1.44. The average molecular weight is 262 g/mol. The number of carbonyl (C=O) groups excluding carboxylic acids is 1. The summed E-state index contributed by atoms with van der Waals surface area (Å²) in [5, 5.41) is 22.3. The molecule has 0 aliphatic rings. The van der Waals surface area contributed by atoms with Crippen LogP contribution in [-0.2, 0) is 9.53 Å². The van der Waals surface area contributed by atoms with Crippen molar-refractivity contribution in [1.29, 1.82) is 0 Å². The van der Waals surface area contributed by atoms with Crippen molar-refractivity contribution in [2.75, 3.05) is 26.3 Å². The van der Waals surface area contributed by atoms with Gasteiger partial charge in [0.25, 0.3) is 0 Å². The van der Waals surface area contributed by atoms with Crippen LogP contribution in [0.3, 0.4) is 0 Å². The number of carboxylic acids is 1. The van der Waals surface area contributed by atoms with Crippen LogP contribution in [0.4, 0.5) is 4.79 Å². The fourth-order valence-electron chi connectivity index (χ4n) is 1.06. The molecule has 0 fully saturated rings. The first-order chi connectivity index (χ1) is 8.43. The van der Waals surface area contributed by atoms with Gasteiger partial charge >= 0.3 is 12.0 Å². The van der Waals surface area contributed by atoms with Gasteiger partial charge in [-0.1, -0.05) is 13.8 Å². The number of urea groups is 1. The summed E-state index contributed by atoms with van der Waals surface area (Å²) in [6.45, 7) is 5.64. The molecule has 4 N–H and O–H groups in total. The van der Waals surface area contributed by atoms with Crippen LogP contribution in [0.1, 0.15) is 20.3 Å². The number of ether oxygens (including phenoxy) is 1. The van der Waals surface area contributed by atoms with Crippen molar-refractivity contribution in [3.05, 3.63) is 0 Å². The molecule has 0 bridgehead atoms. The monoisotopic (exact) mass is 262 g/mol. The summed E-state index contributed by atoms with van der Waals surface area (Å²) in [5.41, 5.74) is 0. The fraction of sp³-hybridized carbons (Fsp3) is 0.818. The molecule has 0 aliphatic carbocycles. The molecule has 0 aromatic rings. The van der Waals surface area contributed by atoms with E-state index in [4.69, 9.17) is 14.9 Å². The summed E-state index contributed by atoms with van der Waals surface area (Å²) in [7, 11) is 0. The van der Waals surface area contributed by atoms with Gasteiger partial charge < -0.3 is 25.6 Å². The maximum atomic E-state index is 11.2. The van der Waals surface area contributed by atoms with E-state index in [9.17, 15) is 9.59 Å². The fourth-order valence-corrected chi connectivity index (χ4v) is 1.06. The van der Waals surface area contributed by atoms with Gasteiger partial charge in [-0.15, -0.1) is 0 Å². The quantitative estimate of drug-likeness (QED) is 0.430. The molecule has 106 valence electrons. The Kier molecular flexibility index (Phi) is 8.95. The predicted molar refractivity (Wildman–Crippen MR) is 65.3 cm³/mol. The number of carboxylic acid groups (broad SMARTS) is 1. The van der Waals surface area contributed by atoms with Crippen molar-refractivity contribution in [3.63, 3.8) is 0 Å². The highest BCUT2D eigenvalue weighted by molar-refractivity contribution is 5.74. The van der Waals surface area contributed by atoms with Crippen LogP contribution in [0.25, 0.3) is 0 Å². The lowest BCUT2D eigenvalue weighted by Crippen LogP contribution is -2.39. The van der Waals surface area contributed by atoms with Crippen LogP contribution in [0.5, 0.6) is 0 Å². The minimum Gasteiger partial charge on any atom is -0.479 e. The topological polar surface area (TPSA) is 108 Å². The normalized spacial score (nSPS) is 12.2.